The topological polar surface area (TPSA) is 138 Å². The number of carbonyl (C=O) groups excluding carboxylic acids is 2. The maximum absolute atomic E-state index is 12.7. The van der Waals surface area contributed by atoms with Crippen molar-refractivity contribution in [2.24, 2.45) is 0 Å². The minimum atomic E-state index is -5.08. The van der Waals surface area contributed by atoms with Gasteiger partial charge in [0.15, 0.2) is 0 Å². The van der Waals surface area contributed by atoms with Crippen molar-refractivity contribution in [2.75, 3.05) is 0 Å². The Balaban J connectivity index is 0.000000559. The van der Waals surface area contributed by atoms with Crippen LogP contribution < -0.4 is 15.5 Å². The fraction of sp³-hybridized carbons (Fsp3) is 0.185. The first-order valence-electron chi connectivity index (χ1n) is 11.6. The number of alkyl halides is 3. The Morgan fingerprint density at radius 3 is 2.35 bits per heavy atom. The second-order valence-corrected chi connectivity index (χ2v) is 9.16. The van der Waals surface area contributed by atoms with E-state index >= 15 is 0 Å². The lowest BCUT2D eigenvalue weighted by Crippen LogP contribution is -2.32. The number of carboxylic acid groups (broad SMARTS) is 1. The Hall–Kier alpha value is -4.49. The van der Waals surface area contributed by atoms with Gasteiger partial charge in [-0.2, -0.15) is 24.5 Å². The SMILES string of the molecule is Cc1cc(COc2ccc(C(=O)NC(CC(=O)NO)c3ccsc3)cc2)c2ccccc2n1.O=C(O)C(F)(F)F. The highest BCUT2D eigenvalue weighted by Crippen LogP contribution is 2.23. The maximum Gasteiger partial charge on any atom is 0.490 e. The second kappa shape index (κ2) is 13.5. The smallest absolute Gasteiger partial charge is 0.489 e. The summed E-state index contributed by atoms with van der Waals surface area (Å²) in [6, 6.07) is 18.1. The first-order chi connectivity index (χ1) is 19.0. The van der Waals surface area contributed by atoms with Crippen molar-refractivity contribution in [1.82, 2.24) is 15.8 Å². The summed E-state index contributed by atoms with van der Waals surface area (Å²) in [6.45, 7) is 2.34. The monoisotopic (exact) mass is 575 g/mol. The molecule has 4 N–H and O–H groups in total. The van der Waals surface area contributed by atoms with Crippen LogP contribution in [0.5, 0.6) is 5.75 Å². The largest absolute Gasteiger partial charge is 0.490 e. The Kier molecular flexibility index (Phi) is 10.2. The lowest BCUT2D eigenvalue weighted by atomic mass is 10.1. The summed E-state index contributed by atoms with van der Waals surface area (Å²) in [5.74, 6) is -3.01. The number of carboxylic acids is 1. The molecule has 2 aromatic heterocycles. The van der Waals surface area contributed by atoms with Crippen molar-refractivity contribution in [3.05, 3.63) is 93.8 Å². The van der Waals surface area contributed by atoms with E-state index in [0.29, 0.717) is 17.9 Å². The van der Waals surface area contributed by atoms with E-state index in [2.05, 4.69) is 10.3 Å². The number of nitrogens with zero attached hydrogens (tertiary/aromatic N) is 1. The summed E-state index contributed by atoms with van der Waals surface area (Å²) in [7, 11) is 0. The Bertz CT molecular complexity index is 1460. The number of pyridine rings is 1. The van der Waals surface area contributed by atoms with Gasteiger partial charge in [-0.1, -0.05) is 18.2 Å². The Morgan fingerprint density at radius 1 is 1.07 bits per heavy atom. The Morgan fingerprint density at radius 2 is 1.75 bits per heavy atom. The van der Waals surface area contributed by atoms with Gasteiger partial charge in [-0.25, -0.2) is 10.3 Å². The molecule has 0 bridgehead atoms. The van der Waals surface area contributed by atoms with Crippen LogP contribution in [-0.4, -0.2) is 39.3 Å². The average Bonchev–Trinajstić information content (AvgIpc) is 3.46. The lowest BCUT2D eigenvalue weighted by molar-refractivity contribution is -0.192. The van der Waals surface area contributed by atoms with E-state index in [-0.39, 0.29) is 12.3 Å². The van der Waals surface area contributed by atoms with Crippen LogP contribution in [0, 0.1) is 6.92 Å². The Labute approximate surface area is 230 Å². The molecule has 0 fully saturated rings. The van der Waals surface area contributed by atoms with Crippen molar-refractivity contribution in [2.45, 2.75) is 32.2 Å². The van der Waals surface area contributed by atoms with E-state index in [1.165, 1.54) is 11.3 Å². The number of para-hydroxylation sites is 1. The third-order valence-electron chi connectivity index (χ3n) is 5.45. The normalized spacial score (nSPS) is 11.6. The molecule has 4 rings (SSSR count). The zero-order chi connectivity index (χ0) is 29.3. The number of rotatable bonds is 8. The zero-order valence-electron chi connectivity index (χ0n) is 20.9. The van der Waals surface area contributed by atoms with Gasteiger partial charge in [0, 0.05) is 22.2 Å². The number of halogens is 3. The number of aliphatic carboxylic acids is 1. The summed E-state index contributed by atoms with van der Waals surface area (Å²) < 4.78 is 37.7. The van der Waals surface area contributed by atoms with Gasteiger partial charge in [0.05, 0.1) is 18.0 Å². The number of amides is 2. The highest BCUT2D eigenvalue weighted by atomic mass is 32.1. The van der Waals surface area contributed by atoms with Crippen LogP contribution in [0.3, 0.4) is 0 Å². The van der Waals surface area contributed by atoms with Gasteiger partial charge in [0.1, 0.15) is 12.4 Å². The summed E-state index contributed by atoms with van der Waals surface area (Å²) in [4.78, 5) is 37.8. The van der Waals surface area contributed by atoms with Gasteiger partial charge >= 0.3 is 12.1 Å². The number of benzene rings is 2. The minimum Gasteiger partial charge on any atom is -0.489 e. The van der Waals surface area contributed by atoms with Crippen LogP contribution in [0.2, 0.25) is 0 Å². The highest BCUT2D eigenvalue weighted by Gasteiger charge is 2.38. The van der Waals surface area contributed by atoms with Crippen LogP contribution in [0.15, 0.2) is 71.4 Å². The van der Waals surface area contributed by atoms with Gasteiger partial charge in [0.2, 0.25) is 5.91 Å². The third-order valence-corrected chi connectivity index (χ3v) is 6.15. The zero-order valence-corrected chi connectivity index (χ0v) is 21.8. The van der Waals surface area contributed by atoms with Gasteiger partial charge in [-0.15, -0.1) is 0 Å². The number of fused-ring (bicyclic) bond motifs is 1. The molecule has 0 spiro atoms. The molecule has 40 heavy (non-hydrogen) atoms. The number of aryl methyl sites for hydroxylation is 1. The fourth-order valence-corrected chi connectivity index (χ4v) is 4.29. The van der Waals surface area contributed by atoms with Gasteiger partial charge in [-0.3, -0.25) is 19.8 Å². The molecule has 1 unspecified atom stereocenters. The average molecular weight is 576 g/mol. The molecule has 0 aliphatic rings. The predicted octanol–water partition coefficient (Wildman–Crippen LogP) is 5.18. The first-order valence-corrected chi connectivity index (χ1v) is 12.6. The minimum absolute atomic E-state index is 0.0700. The van der Waals surface area contributed by atoms with Crippen molar-refractivity contribution in [1.29, 1.82) is 0 Å². The van der Waals surface area contributed by atoms with Crippen molar-refractivity contribution in [3.8, 4) is 5.75 Å². The molecule has 2 heterocycles. The van der Waals surface area contributed by atoms with E-state index in [1.54, 1.807) is 29.7 Å². The van der Waals surface area contributed by atoms with E-state index < -0.39 is 24.1 Å². The maximum atomic E-state index is 12.7. The number of hydrogen-bond donors (Lipinski definition) is 4. The van der Waals surface area contributed by atoms with Crippen LogP contribution >= 0.6 is 11.3 Å². The molecule has 1 atom stereocenters. The molecule has 9 nitrogen and oxygen atoms in total. The highest BCUT2D eigenvalue weighted by molar-refractivity contribution is 7.08. The van der Waals surface area contributed by atoms with Crippen LogP contribution in [0.4, 0.5) is 13.2 Å². The quantitative estimate of drug-likeness (QED) is 0.168. The van der Waals surface area contributed by atoms with E-state index in [4.69, 9.17) is 19.8 Å². The van der Waals surface area contributed by atoms with E-state index in [0.717, 1.165) is 27.7 Å². The van der Waals surface area contributed by atoms with Gasteiger partial charge in [0.25, 0.3) is 5.91 Å². The molecule has 210 valence electrons. The van der Waals surface area contributed by atoms with Crippen molar-refractivity contribution < 1.29 is 42.6 Å². The number of aromatic nitrogens is 1. The molecule has 0 aliphatic carbocycles. The fourth-order valence-electron chi connectivity index (χ4n) is 3.58. The van der Waals surface area contributed by atoms with Crippen LogP contribution in [-0.2, 0) is 16.2 Å². The number of nitrogens with one attached hydrogen (secondary N) is 2. The molecule has 0 saturated carbocycles. The number of thiophene rings is 1. The molecule has 4 aromatic rings. The molecule has 0 aliphatic heterocycles. The van der Waals surface area contributed by atoms with E-state index in [9.17, 15) is 22.8 Å². The van der Waals surface area contributed by atoms with E-state index in [1.807, 2.05) is 54.1 Å². The number of carbonyl (C=O) groups is 3. The summed E-state index contributed by atoms with van der Waals surface area (Å²) in [6.07, 6.45) is -5.15. The lowest BCUT2D eigenvalue weighted by Gasteiger charge is -2.17. The molecular weight excluding hydrogens is 551 g/mol. The van der Waals surface area contributed by atoms with Crippen LogP contribution in [0.1, 0.15) is 39.6 Å². The third kappa shape index (κ3) is 8.51. The number of hydrogen-bond acceptors (Lipinski definition) is 7. The first kappa shape index (κ1) is 30.1. The van der Waals surface area contributed by atoms with Crippen molar-refractivity contribution in [3.63, 3.8) is 0 Å². The standard InChI is InChI=1S/C25H23N3O4S.C2HF3O2/c1-16-12-19(21-4-2-3-5-22(21)26-16)14-32-20-8-6-17(7-9-20)25(30)27-23(13-24(29)28-31)18-10-11-33-15-18;3-2(4,5)1(6)7/h2-12,15,23,31H,13-14H2,1H3,(H,27,30)(H,28,29);(H,6,7). The summed E-state index contributed by atoms with van der Waals surface area (Å²) >= 11 is 1.47. The number of ether oxygens (including phenoxy) is 1. The van der Waals surface area contributed by atoms with Crippen molar-refractivity contribution >= 4 is 40.0 Å². The second-order valence-electron chi connectivity index (χ2n) is 8.38. The molecular formula is C27H24F3N3O6S. The molecule has 2 amide bonds. The summed E-state index contributed by atoms with van der Waals surface area (Å²) in [5, 5.41) is 23.6. The predicted molar refractivity (Wildman–Crippen MR) is 140 cm³/mol. The number of hydroxylamine groups is 1. The molecule has 13 heteroatoms. The van der Waals surface area contributed by atoms with Crippen LogP contribution in [0.25, 0.3) is 10.9 Å². The van der Waals surface area contributed by atoms with Gasteiger partial charge < -0.3 is 15.2 Å². The summed E-state index contributed by atoms with van der Waals surface area (Å²) in [5.41, 5.74) is 5.75. The molecule has 0 radical (unpaired) electrons. The molecule has 2 aromatic carbocycles. The van der Waals surface area contributed by atoms with Gasteiger partial charge in [-0.05, 0) is 65.7 Å². The molecule has 0 saturated heterocycles.